The lowest BCUT2D eigenvalue weighted by atomic mass is 10.3. The number of nitrogen functional groups attached to an aromatic ring is 1. The van der Waals surface area contributed by atoms with E-state index < -0.39 is 6.09 Å². The van der Waals surface area contributed by atoms with Crippen LogP contribution in [0, 0.1) is 0 Å². The van der Waals surface area contributed by atoms with E-state index in [9.17, 15) is 4.79 Å². The van der Waals surface area contributed by atoms with Gasteiger partial charge in [-0.25, -0.2) is 4.79 Å². The maximum absolute atomic E-state index is 11.4. The highest BCUT2D eigenvalue weighted by atomic mass is 16.5. The second kappa shape index (κ2) is 3.56. The van der Waals surface area contributed by atoms with Crippen molar-refractivity contribution in [3.63, 3.8) is 0 Å². The van der Waals surface area contributed by atoms with Crippen molar-refractivity contribution in [1.82, 2.24) is 14.8 Å². The van der Waals surface area contributed by atoms with Crippen LogP contribution >= 0.6 is 0 Å². The number of nitrogens with zero attached hydrogens (tertiary/aromatic N) is 3. The van der Waals surface area contributed by atoms with Crippen LogP contribution in [0.3, 0.4) is 0 Å². The molecule has 2 rings (SSSR count). The Morgan fingerprint density at radius 2 is 2.33 bits per heavy atom. The maximum Gasteiger partial charge on any atom is 0.435 e. The van der Waals surface area contributed by atoms with Crippen LogP contribution in [0.5, 0.6) is 0 Å². The first kappa shape index (κ1) is 9.45. The zero-order valence-corrected chi connectivity index (χ0v) is 8.17. The van der Waals surface area contributed by atoms with Crippen LogP contribution in [0.25, 0.3) is 10.9 Å². The lowest BCUT2D eigenvalue weighted by Gasteiger charge is -2.01. The smallest absolute Gasteiger partial charge is 0.435 e. The maximum atomic E-state index is 11.4. The quantitative estimate of drug-likeness (QED) is 0.753. The topological polar surface area (TPSA) is 83.0 Å². The highest BCUT2D eigenvalue weighted by molar-refractivity contribution is 5.93. The number of carbonyl (C=O) groups excluding carboxylic acids is 1. The molecule has 6 nitrogen and oxygen atoms in total. The van der Waals surface area contributed by atoms with Gasteiger partial charge in [0.2, 0.25) is 0 Å². The molecule has 0 aliphatic carbocycles. The van der Waals surface area contributed by atoms with Crippen LogP contribution in [-0.2, 0) is 4.74 Å². The highest BCUT2D eigenvalue weighted by Gasteiger charge is 2.12. The minimum Gasteiger partial charge on any atom is -0.448 e. The van der Waals surface area contributed by atoms with Crippen molar-refractivity contribution in [2.24, 2.45) is 0 Å². The molecule has 78 valence electrons. The molecule has 0 fully saturated rings. The van der Waals surface area contributed by atoms with E-state index in [-0.39, 0.29) is 0 Å². The summed E-state index contributed by atoms with van der Waals surface area (Å²) in [4.78, 5) is 15.3. The van der Waals surface area contributed by atoms with E-state index in [0.29, 0.717) is 23.2 Å². The largest absolute Gasteiger partial charge is 0.448 e. The summed E-state index contributed by atoms with van der Waals surface area (Å²) < 4.78 is 5.97. The Bertz CT molecular complexity index is 506. The van der Waals surface area contributed by atoms with E-state index in [2.05, 4.69) is 10.1 Å². The predicted molar refractivity (Wildman–Crippen MR) is 54.4 cm³/mol. The van der Waals surface area contributed by atoms with E-state index in [4.69, 9.17) is 10.5 Å². The predicted octanol–water partition coefficient (Wildman–Crippen LogP) is 1.02. The van der Waals surface area contributed by atoms with Gasteiger partial charge in [0.05, 0.1) is 30.9 Å². The number of aromatic nitrogens is 3. The van der Waals surface area contributed by atoms with Gasteiger partial charge in [-0.05, 0) is 6.92 Å². The van der Waals surface area contributed by atoms with Crippen molar-refractivity contribution < 1.29 is 9.53 Å². The van der Waals surface area contributed by atoms with Gasteiger partial charge >= 0.3 is 6.09 Å². The van der Waals surface area contributed by atoms with Gasteiger partial charge in [-0.1, -0.05) is 0 Å². The van der Waals surface area contributed by atoms with Crippen LogP contribution in [0.1, 0.15) is 6.92 Å². The van der Waals surface area contributed by atoms with Crippen LogP contribution in [0.2, 0.25) is 0 Å². The molecular weight excluding hydrogens is 196 g/mol. The Morgan fingerprint density at radius 1 is 1.53 bits per heavy atom. The van der Waals surface area contributed by atoms with Gasteiger partial charge in [0.1, 0.15) is 5.52 Å². The number of anilines is 1. The zero-order chi connectivity index (χ0) is 10.8. The van der Waals surface area contributed by atoms with E-state index in [0.717, 1.165) is 4.68 Å². The van der Waals surface area contributed by atoms with Crippen LogP contribution in [-0.4, -0.2) is 27.5 Å². The molecule has 0 aromatic carbocycles. The summed E-state index contributed by atoms with van der Waals surface area (Å²) in [5.74, 6) is 0. The first-order chi connectivity index (χ1) is 7.24. The van der Waals surface area contributed by atoms with Crippen molar-refractivity contribution in [1.29, 1.82) is 0 Å². The van der Waals surface area contributed by atoms with Gasteiger partial charge in [-0.2, -0.15) is 9.78 Å². The number of hydrogen-bond donors (Lipinski definition) is 1. The lowest BCUT2D eigenvalue weighted by Crippen LogP contribution is -2.14. The molecule has 0 bridgehead atoms. The normalized spacial score (nSPS) is 10.5. The van der Waals surface area contributed by atoms with E-state index in [1.54, 1.807) is 6.92 Å². The fraction of sp³-hybridized carbons (Fsp3) is 0.222. The van der Waals surface area contributed by atoms with Crippen molar-refractivity contribution in [2.45, 2.75) is 6.92 Å². The molecule has 0 aliphatic rings. The molecule has 0 atom stereocenters. The highest BCUT2D eigenvalue weighted by Crippen LogP contribution is 2.18. The van der Waals surface area contributed by atoms with Gasteiger partial charge in [0, 0.05) is 5.39 Å². The number of carbonyl (C=O) groups is 1. The van der Waals surface area contributed by atoms with E-state index in [1.807, 2.05) is 0 Å². The Labute approximate surface area is 85.6 Å². The number of pyridine rings is 1. The molecule has 0 amide bonds. The average molecular weight is 206 g/mol. The molecule has 6 heteroatoms. The molecule has 0 unspecified atom stereocenters. The van der Waals surface area contributed by atoms with Gasteiger partial charge in [-0.15, -0.1) is 0 Å². The fourth-order valence-electron chi connectivity index (χ4n) is 1.29. The third-order valence-electron chi connectivity index (χ3n) is 1.97. The number of nitrogens with two attached hydrogens (primary N) is 1. The Kier molecular flexibility index (Phi) is 2.24. The summed E-state index contributed by atoms with van der Waals surface area (Å²) in [7, 11) is 0. The molecule has 0 saturated heterocycles. The second-order valence-electron chi connectivity index (χ2n) is 2.92. The van der Waals surface area contributed by atoms with Gasteiger partial charge in [-0.3, -0.25) is 4.98 Å². The van der Waals surface area contributed by atoms with Gasteiger partial charge in [0.15, 0.2) is 0 Å². The summed E-state index contributed by atoms with van der Waals surface area (Å²) in [5.41, 5.74) is 6.71. The molecule has 0 saturated carbocycles. The number of rotatable bonds is 1. The van der Waals surface area contributed by atoms with Crippen LogP contribution < -0.4 is 5.73 Å². The third-order valence-corrected chi connectivity index (χ3v) is 1.97. The average Bonchev–Trinajstić information content (AvgIpc) is 2.63. The lowest BCUT2D eigenvalue weighted by molar-refractivity contribution is 0.151. The Balaban J connectivity index is 2.54. The molecule has 0 radical (unpaired) electrons. The summed E-state index contributed by atoms with van der Waals surface area (Å²) in [5, 5.41) is 4.59. The first-order valence-corrected chi connectivity index (χ1v) is 4.48. The van der Waals surface area contributed by atoms with Crippen molar-refractivity contribution in [3.8, 4) is 0 Å². The van der Waals surface area contributed by atoms with Crippen molar-refractivity contribution >= 4 is 22.7 Å². The minimum atomic E-state index is -0.528. The summed E-state index contributed by atoms with van der Waals surface area (Å²) in [6.07, 6.45) is 4.03. The molecule has 2 aromatic rings. The van der Waals surface area contributed by atoms with E-state index in [1.165, 1.54) is 18.6 Å². The standard InChI is InChI=1S/C9H10N4O2/c1-2-15-9(14)13-8-5-11-4-7(10)6(8)3-12-13/h3-5H,2,10H2,1H3. The molecule has 2 aromatic heterocycles. The molecule has 2 N–H and O–H groups in total. The van der Waals surface area contributed by atoms with E-state index >= 15 is 0 Å². The molecule has 0 spiro atoms. The van der Waals surface area contributed by atoms with Crippen LogP contribution in [0.15, 0.2) is 18.6 Å². The summed E-state index contributed by atoms with van der Waals surface area (Å²) in [6, 6.07) is 0. The number of fused-ring (bicyclic) bond motifs is 1. The molecular formula is C9H10N4O2. The SMILES string of the molecule is CCOC(=O)n1ncc2c(N)cncc21. The Hall–Kier alpha value is -2.11. The second-order valence-corrected chi connectivity index (χ2v) is 2.92. The van der Waals surface area contributed by atoms with Gasteiger partial charge in [0.25, 0.3) is 0 Å². The number of ether oxygens (including phenoxy) is 1. The Morgan fingerprint density at radius 3 is 3.07 bits per heavy atom. The first-order valence-electron chi connectivity index (χ1n) is 4.48. The minimum absolute atomic E-state index is 0.302. The molecule has 15 heavy (non-hydrogen) atoms. The van der Waals surface area contributed by atoms with Crippen LogP contribution in [0.4, 0.5) is 10.5 Å². The summed E-state index contributed by atoms with van der Waals surface area (Å²) in [6.45, 7) is 2.03. The molecule has 2 heterocycles. The monoisotopic (exact) mass is 206 g/mol. The fourth-order valence-corrected chi connectivity index (χ4v) is 1.29. The molecule has 0 aliphatic heterocycles. The summed E-state index contributed by atoms with van der Waals surface area (Å²) >= 11 is 0. The third kappa shape index (κ3) is 1.50. The van der Waals surface area contributed by atoms with Crippen molar-refractivity contribution in [3.05, 3.63) is 18.6 Å². The van der Waals surface area contributed by atoms with Crippen molar-refractivity contribution in [2.75, 3.05) is 12.3 Å². The zero-order valence-electron chi connectivity index (χ0n) is 8.17. The number of hydrogen-bond acceptors (Lipinski definition) is 5. The van der Waals surface area contributed by atoms with Gasteiger partial charge < -0.3 is 10.5 Å².